The van der Waals surface area contributed by atoms with E-state index in [1.165, 1.54) is 13.2 Å². The number of ether oxygens (including phenoxy) is 7. The van der Waals surface area contributed by atoms with Crippen LogP contribution in [0.5, 0.6) is 0 Å². The maximum Gasteiger partial charge on any atom is 0.341 e. The molecule has 0 saturated carbocycles. The Morgan fingerprint density at radius 1 is 1.12 bits per heavy atom. The number of carbonyl (C=O) groups excluding carboxylic acids is 4. The van der Waals surface area contributed by atoms with Gasteiger partial charge in [-0.3, -0.25) is 4.79 Å². The summed E-state index contributed by atoms with van der Waals surface area (Å²) in [5.74, 6) is -3.97. The molecule has 4 saturated heterocycles. The first kappa shape index (κ1) is 23.0. The molecule has 5 rings (SSSR count). The van der Waals surface area contributed by atoms with Gasteiger partial charge in [-0.1, -0.05) is 6.58 Å². The van der Waals surface area contributed by atoms with Gasteiger partial charge in [0.2, 0.25) is 0 Å². The highest BCUT2D eigenvalue weighted by Crippen LogP contribution is 2.56. The molecular formula is C23H26O11. The van der Waals surface area contributed by atoms with Gasteiger partial charge < -0.3 is 33.2 Å². The van der Waals surface area contributed by atoms with Gasteiger partial charge >= 0.3 is 23.9 Å². The molecule has 4 fully saturated rings. The minimum absolute atomic E-state index is 0.00535. The molecule has 0 spiro atoms. The molecule has 11 nitrogen and oxygen atoms in total. The van der Waals surface area contributed by atoms with Crippen LogP contribution in [0.4, 0.5) is 0 Å². The highest BCUT2D eigenvalue weighted by Gasteiger charge is 2.73. The summed E-state index contributed by atoms with van der Waals surface area (Å²) in [4.78, 5) is 50.7. The normalized spacial score (nSPS) is 47.5. The topological polar surface area (TPSA) is 143 Å². The molecule has 0 amide bonds. The lowest BCUT2D eigenvalue weighted by Gasteiger charge is -2.33. The van der Waals surface area contributed by atoms with Crippen molar-refractivity contribution in [3.05, 3.63) is 23.8 Å². The zero-order valence-corrected chi connectivity index (χ0v) is 19.4. The van der Waals surface area contributed by atoms with Crippen LogP contribution in [0.2, 0.25) is 0 Å². The Kier molecular flexibility index (Phi) is 4.98. The third-order valence-corrected chi connectivity index (χ3v) is 7.34. The van der Waals surface area contributed by atoms with Gasteiger partial charge in [-0.25, -0.2) is 14.4 Å². The van der Waals surface area contributed by atoms with Gasteiger partial charge in [0.25, 0.3) is 0 Å². The van der Waals surface area contributed by atoms with Crippen molar-refractivity contribution in [2.75, 3.05) is 7.11 Å². The molecule has 184 valence electrons. The van der Waals surface area contributed by atoms with Crippen LogP contribution in [0.1, 0.15) is 27.7 Å². The molecule has 4 heterocycles. The monoisotopic (exact) mass is 478 g/mol. The smallest absolute Gasteiger partial charge is 0.341 e. The highest BCUT2D eigenvalue weighted by atomic mass is 16.7. The zero-order chi connectivity index (χ0) is 24.7. The van der Waals surface area contributed by atoms with Gasteiger partial charge in [-0.05, 0) is 26.8 Å². The number of fused-ring (bicyclic) bond motifs is 5. The van der Waals surface area contributed by atoms with E-state index in [1.54, 1.807) is 13.8 Å². The minimum atomic E-state index is -1.43. The van der Waals surface area contributed by atoms with E-state index < -0.39 is 83.7 Å². The molecule has 0 N–H and O–H groups in total. The molecule has 0 bridgehead atoms. The zero-order valence-electron chi connectivity index (χ0n) is 19.4. The lowest BCUT2D eigenvalue weighted by atomic mass is 9.80. The van der Waals surface area contributed by atoms with Crippen molar-refractivity contribution in [2.45, 2.75) is 81.6 Å². The van der Waals surface area contributed by atoms with Crippen LogP contribution in [-0.2, 0) is 52.3 Å². The summed E-state index contributed by atoms with van der Waals surface area (Å²) in [5, 5.41) is 0. The lowest BCUT2D eigenvalue weighted by Crippen LogP contribution is -2.50. The van der Waals surface area contributed by atoms with Crippen LogP contribution in [0.25, 0.3) is 0 Å². The van der Waals surface area contributed by atoms with Gasteiger partial charge in [0.1, 0.15) is 30.0 Å². The molecule has 0 aromatic carbocycles. The van der Waals surface area contributed by atoms with Gasteiger partial charge in [-0.2, -0.15) is 0 Å². The van der Waals surface area contributed by atoms with Gasteiger partial charge in [0.15, 0.2) is 17.8 Å². The second-order valence-corrected chi connectivity index (χ2v) is 9.55. The third kappa shape index (κ3) is 3.37. The van der Waals surface area contributed by atoms with E-state index >= 15 is 0 Å². The average molecular weight is 478 g/mol. The number of rotatable bonds is 4. The van der Waals surface area contributed by atoms with Crippen molar-refractivity contribution in [3.8, 4) is 0 Å². The van der Waals surface area contributed by atoms with E-state index in [4.69, 9.17) is 33.2 Å². The summed E-state index contributed by atoms with van der Waals surface area (Å²) in [6.45, 7) is 10.1. The summed E-state index contributed by atoms with van der Waals surface area (Å²) >= 11 is 0. The summed E-state index contributed by atoms with van der Waals surface area (Å²) in [6.07, 6.45) is -4.16. The molecule has 4 aliphatic heterocycles. The van der Waals surface area contributed by atoms with Crippen molar-refractivity contribution in [1.82, 2.24) is 0 Å². The number of esters is 4. The van der Waals surface area contributed by atoms with Crippen molar-refractivity contribution in [3.63, 3.8) is 0 Å². The average Bonchev–Trinajstić information content (AvgIpc) is 3.71. The Morgan fingerprint density at radius 3 is 2.38 bits per heavy atom. The Bertz CT molecular complexity index is 1030. The molecule has 0 aromatic heterocycles. The largest absolute Gasteiger partial charge is 0.466 e. The van der Waals surface area contributed by atoms with Crippen LogP contribution in [0.3, 0.4) is 0 Å². The summed E-state index contributed by atoms with van der Waals surface area (Å²) in [6, 6.07) is 0. The van der Waals surface area contributed by atoms with E-state index in [0.29, 0.717) is 0 Å². The molecule has 1 aliphatic carbocycles. The van der Waals surface area contributed by atoms with Crippen LogP contribution >= 0.6 is 0 Å². The summed E-state index contributed by atoms with van der Waals surface area (Å²) in [5.41, 5.74) is -2.10. The van der Waals surface area contributed by atoms with Crippen LogP contribution in [0, 0.1) is 5.92 Å². The van der Waals surface area contributed by atoms with E-state index in [0.717, 1.165) is 6.92 Å². The van der Waals surface area contributed by atoms with E-state index in [2.05, 4.69) is 6.58 Å². The minimum Gasteiger partial charge on any atom is -0.466 e. The number of hydrogen-bond donors (Lipinski definition) is 0. The van der Waals surface area contributed by atoms with E-state index in [9.17, 15) is 19.2 Å². The third-order valence-electron chi connectivity index (χ3n) is 7.34. The molecule has 0 radical (unpaired) electrons. The summed E-state index contributed by atoms with van der Waals surface area (Å²) < 4.78 is 39.0. The molecule has 10 atom stereocenters. The Balaban J connectivity index is 1.63. The number of methoxy groups -OCH3 is 1. The second kappa shape index (κ2) is 7.37. The van der Waals surface area contributed by atoms with Crippen molar-refractivity contribution < 1.29 is 52.3 Å². The molecule has 0 aromatic rings. The van der Waals surface area contributed by atoms with Crippen molar-refractivity contribution in [2.24, 2.45) is 5.92 Å². The Hall–Kier alpha value is -2.76. The standard InChI is InChI=1S/C23H26O11/c1-8-13-15(32-21(27)22(4)9(2)33-22)14(29-10(3)24)11(20(26)28-6)7-12-17(30-12)23(5)18(34-23)16(13)31-19(8)25/h7,9,12-18H,1H2,2-6H3/b11-7+/t9-,12-,13-,14+,15+,16+,17-,18-,22-,23+/m1/s1. The van der Waals surface area contributed by atoms with E-state index in [1.807, 2.05) is 6.92 Å². The first-order valence-electron chi connectivity index (χ1n) is 11.0. The van der Waals surface area contributed by atoms with E-state index in [-0.39, 0.29) is 11.1 Å². The molecule has 11 heteroatoms. The quantitative estimate of drug-likeness (QED) is 0.236. The molecule has 34 heavy (non-hydrogen) atoms. The first-order valence-corrected chi connectivity index (χ1v) is 11.0. The fraction of sp³-hybridized carbons (Fsp3) is 0.652. The first-order chi connectivity index (χ1) is 15.9. The maximum atomic E-state index is 13.1. The van der Waals surface area contributed by atoms with Crippen molar-refractivity contribution in [1.29, 1.82) is 0 Å². The number of hydrogen-bond acceptors (Lipinski definition) is 11. The fourth-order valence-corrected chi connectivity index (χ4v) is 4.99. The van der Waals surface area contributed by atoms with Gasteiger partial charge in [0.05, 0.1) is 24.7 Å². The SMILES string of the molecule is C=C1C(=O)O[C@H]2[C@H]1[C@H](OC(=O)[C@]1(C)O[C@@H]1C)[C@@H](OC(C)=O)/C(C(=O)OC)=C\[C@H]1O[C@H]1[C@]1(C)O[C@H]21. The fourth-order valence-electron chi connectivity index (χ4n) is 4.99. The predicted octanol–water partition coefficient (Wildman–Crippen LogP) is 0.143. The van der Waals surface area contributed by atoms with Gasteiger partial charge in [-0.15, -0.1) is 0 Å². The van der Waals surface area contributed by atoms with Crippen molar-refractivity contribution >= 4 is 23.9 Å². The van der Waals surface area contributed by atoms with Gasteiger partial charge in [0, 0.05) is 12.5 Å². The van der Waals surface area contributed by atoms with Crippen LogP contribution in [-0.4, -0.2) is 84.9 Å². The van der Waals surface area contributed by atoms with Crippen LogP contribution in [0.15, 0.2) is 23.8 Å². The number of carbonyl (C=O) groups is 4. The molecule has 5 aliphatic rings. The van der Waals surface area contributed by atoms with Crippen LogP contribution < -0.4 is 0 Å². The second-order valence-electron chi connectivity index (χ2n) is 9.55. The lowest BCUT2D eigenvalue weighted by molar-refractivity contribution is -0.175. The molecular weight excluding hydrogens is 452 g/mol. The Morgan fingerprint density at radius 2 is 1.79 bits per heavy atom. The number of epoxide rings is 3. The molecule has 0 unspecified atom stereocenters. The Labute approximate surface area is 195 Å². The highest BCUT2D eigenvalue weighted by molar-refractivity contribution is 5.93. The maximum absolute atomic E-state index is 13.1. The summed E-state index contributed by atoms with van der Waals surface area (Å²) in [7, 11) is 1.17. The predicted molar refractivity (Wildman–Crippen MR) is 109 cm³/mol.